The number of Topliss-reactive ketones (excluding diaryl/α,β-unsaturated/α-hetero) is 1. The van der Waals surface area contributed by atoms with Gasteiger partial charge < -0.3 is 29.2 Å². The summed E-state index contributed by atoms with van der Waals surface area (Å²) < 4.78 is 21.6. The van der Waals surface area contributed by atoms with Crippen LogP contribution in [0.1, 0.15) is 36.7 Å². The Morgan fingerprint density at radius 2 is 1.59 bits per heavy atom. The van der Waals surface area contributed by atoms with E-state index in [9.17, 15) is 9.59 Å². The normalized spacial score (nSPS) is 14.2. The lowest BCUT2D eigenvalue weighted by molar-refractivity contribution is -0.112. The van der Waals surface area contributed by atoms with Gasteiger partial charge in [-0.25, -0.2) is 4.99 Å². The maximum Gasteiger partial charge on any atom is 0.259 e. The van der Waals surface area contributed by atoms with Crippen LogP contribution in [0, 0.1) is 6.92 Å². The Morgan fingerprint density at radius 1 is 0.949 bits per heavy atom. The highest BCUT2D eigenvalue weighted by atomic mass is 35.5. The predicted octanol–water partition coefficient (Wildman–Crippen LogP) is 5.36. The zero-order chi connectivity index (χ0) is 28.9. The molecule has 2 aromatic rings. The fraction of sp³-hybridized carbons (Fsp3) is 0.345. The summed E-state index contributed by atoms with van der Waals surface area (Å²) in [4.78, 5) is 33.4. The summed E-state index contributed by atoms with van der Waals surface area (Å²) in [6.07, 6.45) is 1.52. The van der Waals surface area contributed by atoms with Gasteiger partial charge in [-0.3, -0.25) is 9.59 Å². The molecule has 1 N–H and O–H groups in total. The number of amides is 1. The van der Waals surface area contributed by atoms with Crippen LogP contribution in [0.3, 0.4) is 0 Å². The van der Waals surface area contributed by atoms with E-state index < -0.39 is 11.7 Å². The van der Waals surface area contributed by atoms with E-state index in [1.165, 1.54) is 40.6 Å². The average Bonchev–Trinajstić information content (AvgIpc) is 2.94. The molecule has 0 atom stereocenters. The van der Waals surface area contributed by atoms with Gasteiger partial charge in [-0.1, -0.05) is 11.6 Å². The highest BCUT2D eigenvalue weighted by Gasteiger charge is 2.29. The van der Waals surface area contributed by atoms with Gasteiger partial charge in [0.15, 0.2) is 11.5 Å². The molecule has 0 fully saturated rings. The molecule has 0 saturated heterocycles. The first kappa shape index (κ1) is 29.6. The number of ether oxygens (including phenoxy) is 4. The molecule has 208 valence electrons. The lowest BCUT2D eigenvalue weighted by Gasteiger charge is -2.22. The van der Waals surface area contributed by atoms with Crippen molar-refractivity contribution in [2.24, 2.45) is 4.99 Å². The molecule has 10 heteroatoms. The van der Waals surface area contributed by atoms with Gasteiger partial charge in [-0.05, 0) is 63.1 Å². The van der Waals surface area contributed by atoms with Crippen molar-refractivity contribution in [3.05, 3.63) is 57.8 Å². The Kier molecular flexibility index (Phi) is 9.64. The van der Waals surface area contributed by atoms with Crippen LogP contribution in [-0.4, -0.2) is 58.9 Å². The third kappa shape index (κ3) is 5.88. The Labute approximate surface area is 234 Å². The molecule has 2 aromatic carbocycles. The van der Waals surface area contributed by atoms with Crippen LogP contribution in [0.2, 0.25) is 0 Å². The summed E-state index contributed by atoms with van der Waals surface area (Å²) >= 11 is 6.41. The number of allylic oxidation sites excluding steroid dienone is 3. The average molecular weight is 556 g/mol. The Morgan fingerprint density at radius 3 is 2.13 bits per heavy atom. The second-order valence-electron chi connectivity index (χ2n) is 8.65. The molecule has 1 amide bonds. The second-order valence-corrected chi connectivity index (χ2v) is 9.02. The lowest BCUT2D eigenvalue weighted by atomic mass is 10.0. The van der Waals surface area contributed by atoms with Crippen molar-refractivity contribution in [1.82, 2.24) is 5.32 Å². The van der Waals surface area contributed by atoms with Crippen LogP contribution >= 0.6 is 11.6 Å². The molecule has 0 saturated carbocycles. The van der Waals surface area contributed by atoms with E-state index in [1.54, 1.807) is 6.92 Å². The molecule has 0 radical (unpaired) electrons. The lowest BCUT2D eigenvalue weighted by Crippen LogP contribution is -2.31. The number of ketones is 1. The molecule has 1 aliphatic rings. The molecule has 1 aliphatic carbocycles. The van der Waals surface area contributed by atoms with Gasteiger partial charge in [-0.2, -0.15) is 0 Å². The van der Waals surface area contributed by atoms with Crippen LogP contribution in [0.5, 0.6) is 23.0 Å². The monoisotopic (exact) mass is 555 g/mol. The van der Waals surface area contributed by atoms with Gasteiger partial charge in [0, 0.05) is 24.8 Å². The van der Waals surface area contributed by atoms with Gasteiger partial charge in [0.1, 0.15) is 0 Å². The fourth-order valence-corrected chi connectivity index (χ4v) is 4.49. The van der Waals surface area contributed by atoms with E-state index in [0.29, 0.717) is 11.3 Å². The number of anilines is 1. The number of rotatable bonds is 10. The molecule has 0 aromatic heterocycles. The highest BCUT2D eigenvalue weighted by molar-refractivity contribution is 6.49. The third-order valence-corrected chi connectivity index (χ3v) is 6.92. The van der Waals surface area contributed by atoms with Crippen molar-refractivity contribution in [2.45, 2.75) is 27.7 Å². The Hall–Kier alpha value is -3.98. The maximum absolute atomic E-state index is 13.4. The van der Waals surface area contributed by atoms with Crippen molar-refractivity contribution in [3.8, 4) is 23.0 Å². The third-order valence-electron chi connectivity index (χ3n) is 6.47. The molecular formula is C29H34ClN3O6. The first-order chi connectivity index (χ1) is 18.6. The SMILES string of the molecule is CCN(CC)c1ccc(/N=C2\C=C(NC(=O)c3cc(OC)c(OC)c(OC)c3OC)C(=O)C(Cl)=C2C)c(C)c1. The number of nitrogens with zero attached hydrogens (tertiary/aromatic N) is 2. The summed E-state index contributed by atoms with van der Waals surface area (Å²) in [6, 6.07) is 7.46. The molecule has 0 bridgehead atoms. The predicted molar refractivity (Wildman–Crippen MR) is 154 cm³/mol. The van der Waals surface area contributed by atoms with E-state index in [2.05, 4.69) is 30.1 Å². The summed E-state index contributed by atoms with van der Waals surface area (Å²) in [5.41, 5.74) is 3.82. The first-order valence-corrected chi connectivity index (χ1v) is 12.8. The fourth-order valence-electron chi connectivity index (χ4n) is 4.29. The smallest absolute Gasteiger partial charge is 0.259 e. The maximum atomic E-state index is 13.4. The van der Waals surface area contributed by atoms with E-state index in [0.717, 1.165) is 30.0 Å². The summed E-state index contributed by atoms with van der Waals surface area (Å²) in [6.45, 7) is 9.70. The minimum absolute atomic E-state index is 0.0254. The number of benzene rings is 2. The summed E-state index contributed by atoms with van der Waals surface area (Å²) in [7, 11) is 5.70. The minimum Gasteiger partial charge on any atom is -0.493 e. The standard InChI is InChI=1S/C29H34ClN3O6/c1-9-33(10-2)18-11-12-20(16(3)13-18)31-21-15-22(25(34)24(30)17(21)4)32-29(35)19-14-23(36-5)27(38-7)28(39-8)26(19)37-6/h11-15H,9-10H2,1-8H3,(H,32,35)/b31-21+. The summed E-state index contributed by atoms with van der Waals surface area (Å²) in [5.74, 6) is -0.348. The first-order valence-electron chi connectivity index (χ1n) is 12.4. The van der Waals surface area contributed by atoms with Crippen molar-refractivity contribution in [3.63, 3.8) is 0 Å². The quantitative estimate of drug-likeness (QED) is 0.394. The number of hydrogen-bond acceptors (Lipinski definition) is 8. The zero-order valence-corrected chi connectivity index (χ0v) is 24.3. The molecule has 3 rings (SSSR count). The highest BCUT2D eigenvalue weighted by Crippen LogP contribution is 2.46. The Bertz CT molecular complexity index is 1380. The number of halogens is 1. The molecule has 0 unspecified atom stereocenters. The Balaban J connectivity index is 2.03. The topological polar surface area (TPSA) is 98.7 Å². The van der Waals surface area contributed by atoms with Gasteiger partial charge >= 0.3 is 0 Å². The van der Waals surface area contributed by atoms with Crippen LogP contribution in [-0.2, 0) is 4.79 Å². The largest absolute Gasteiger partial charge is 0.493 e. The number of aliphatic imine (C=N–C) groups is 1. The van der Waals surface area contributed by atoms with Crippen LogP contribution in [0.25, 0.3) is 0 Å². The van der Waals surface area contributed by atoms with Gasteiger partial charge in [0.25, 0.3) is 5.91 Å². The number of nitrogens with one attached hydrogen (secondary N) is 1. The van der Waals surface area contributed by atoms with Crippen molar-refractivity contribution >= 4 is 40.4 Å². The van der Waals surface area contributed by atoms with Gasteiger partial charge in [0.05, 0.1) is 56.1 Å². The van der Waals surface area contributed by atoms with E-state index in [4.69, 9.17) is 35.5 Å². The van der Waals surface area contributed by atoms with E-state index in [-0.39, 0.29) is 39.3 Å². The van der Waals surface area contributed by atoms with Gasteiger partial charge in [0.2, 0.25) is 17.3 Å². The second kappa shape index (κ2) is 12.7. The molecule has 0 heterocycles. The number of carbonyl (C=O) groups is 2. The molecule has 0 spiro atoms. The van der Waals surface area contributed by atoms with Gasteiger partial charge in [-0.15, -0.1) is 0 Å². The van der Waals surface area contributed by atoms with E-state index >= 15 is 0 Å². The number of carbonyl (C=O) groups excluding carboxylic acids is 2. The van der Waals surface area contributed by atoms with Crippen LogP contribution in [0.4, 0.5) is 11.4 Å². The number of methoxy groups -OCH3 is 4. The summed E-state index contributed by atoms with van der Waals surface area (Å²) in [5, 5.41) is 2.63. The molecule has 0 aliphatic heterocycles. The van der Waals surface area contributed by atoms with E-state index in [1.807, 2.05) is 19.1 Å². The zero-order valence-electron chi connectivity index (χ0n) is 23.5. The number of aryl methyl sites for hydroxylation is 1. The van der Waals surface area contributed by atoms with Crippen LogP contribution in [0.15, 0.2) is 51.6 Å². The van der Waals surface area contributed by atoms with Crippen molar-refractivity contribution in [1.29, 1.82) is 0 Å². The van der Waals surface area contributed by atoms with Crippen molar-refractivity contribution < 1.29 is 28.5 Å². The molecule has 9 nitrogen and oxygen atoms in total. The molecular weight excluding hydrogens is 522 g/mol. The van der Waals surface area contributed by atoms with Crippen molar-refractivity contribution in [2.75, 3.05) is 46.4 Å². The minimum atomic E-state index is -0.631. The molecule has 39 heavy (non-hydrogen) atoms. The van der Waals surface area contributed by atoms with Crippen LogP contribution < -0.4 is 29.2 Å². The number of hydrogen-bond donors (Lipinski definition) is 1.